The number of nitrogens with zero attached hydrogens (tertiary/aromatic N) is 1. The number of carbonyl (C=O) groups is 3. The van der Waals surface area contributed by atoms with Gasteiger partial charge in [0.1, 0.15) is 11.6 Å². The number of hydrogen-bond donors (Lipinski definition) is 0. The van der Waals surface area contributed by atoms with Gasteiger partial charge in [-0.25, -0.2) is 13.6 Å². The first-order valence-corrected chi connectivity index (χ1v) is 11.9. The molecule has 0 N–H and O–H groups in total. The number of esters is 1. The number of hydrogen-bond acceptors (Lipinski definition) is 6. The number of imide groups is 1. The second-order valence-corrected chi connectivity index (χ2v) is 8.94. The van der Waals surface area contributed by atoms with Gasteiger partial charge in [0.2, 0.25) is 0 Å². The molecule has 0 bridgehead atoms. The largest absolute Gasteiger partial charge is 0.490 e. The molecule has 1 fully saturated rings. The van der Waals surface area contributed by atoms with Crippen molar-refractivity contribution in [3.8, 4) is 11.5 Å². The number of ether oxygens (including phenoxy) is 2. The second-order valence-electron chi connectivity index (χ2n) is 7.54. The van der Waals surface area contributed by atoms with E-state index in [1.54, 1.807) is 19.1 Å². The van der Waals surface area contributed by atoms with E-state index in [2.05, 4.69) is 0 Å². The quantitative estimate of drug-likeness (QED) is 0.198. The average molecular weight is 530 g/mol. The van der Waals surface area contributed by atoms with Crippen LogP contribution in [0.3, 0.4) is 0 Å². The van der Waals surface area contributed by atoms with Crippen molar-refractivity contribution in [2.24, 2.45) is 0 Å². The lowest BCUT2D eigenvalue weighted by atomic mass is 10.1. The smallest absolute Gasteiger partial charge is 0.343 e. The van der Waals surface area contributed by atoms with Gasteiger partial charge in [-0.3, -0.25) is 14.5 Å². The van der Waals surface area contributed by atoms with Gasteiger partial charge in [0.05, 0.1) is 23.6 Å². The van der Waals surface area contributed by atoms with E-state index in [1.165, 1.54) is 36.4 Å². The van der Waals surface area contributed by atoms with Crippen LogP contribution < -0.4 is 9.47 Å². The van der Waals surface area contributed by atoms with E-state index >= 15 is 0 Å². The Balaban J connectivity index is 1.54. The topological polar surface area (TPSA) is 72.9 Å². The molecule has 1 aliphatic heterocycles. The number of thioether (sulfide) groups is 1. The van der Waals surface area contributed by atoms with Crippen LogP contribution in [0, 0.1) is 11.6 Å². The third-order valence-electron chi connectivity index (χ3n) is 5.07. The van der Waals surface area contributed by atoms with Gasteiger partial charge in [-0.05, 0) is 84.4 Å². The standard InChI is InChI=1S/C26H18ClF2NO5S/c1-2-34-22-11-15(3-10-21(22)35-25(32)16-4-7-18(28)8-5-16)12-23-24(31)30(26(33)36-23)14-17-6-9-19(29)13-20(17)27/h3-13H,2,14H2,1H3/b23-12-. The summed E-state index contributed by atoms with van der Waals surface area (Å²) in [5.41, 5.74) is 1.13. The Morgan fingerprint density at radius 2 is 1.72 bits per heavy atom. The molecule has 184 valence electrons. The lowest BCUT2D eigenvalue weighted by Crippen LogP contribution is -2.27. The van der Waals surface area contributed by atoms with Crippen LogP contribution in [0.4, 0.5) is 13.6 Å². The molecule has 1 saturated heterocycles. The summed E-state index contributed by atoms with van der Waals surface area (Å²) in [6, 6.07) is 13.3. The van der Waals surface area contributed by atoms with E-state index in [9.17, 15) is 23.2 Å². The first-order chi connectivity index (χ1) is 17.2. The maximum atomic E-state index is 13.3. The molecule has 3 aromatic carbocycles. The number of carbonyl (C=O) groups excluding carboxylic acids is 3. The Labute approximate surface area is 214 Å². The van der Waals surface area contributed by atoms with Crippen LogP contribution in [0.5, 0.6) is 11.5 Å². The summed E-state index contributed by atoms with van der Waals surface area (Å²) in [5, 5.41) is -0.369. The maximum Gasteiger partial charge on any atom is 0.343 e. The normalized spacial score (nSPS) is 14.4. The SMILES string of the molecule is CCOc1cc(/C=C2\SC(=O)N(Cc3ccc(F)cc3Cl)C2=O)ccc1OC(=O)c1ccc(F)cc1. The van der Waals surface area contributed by atoms with Gasteiger partial charge in [-0.1, -0.05) is 23.7 Å². The molecule has 0 atom stereocenters. The van der Waals surface area contributed by atoms with E-state index in [0.717, 1.165) is 34.9 Å². The van der Waals surface area contributed by atoms with Crippen molar-refractivity contribution in [2.75, 3.05) is 6.61 Å². The average Bonchev–Trinajstić information content (AvgIpc) is 3.10. The van der Waals surface area contributed by atoms with Gasteiger partial charge in [0.25, 0.3) is 11.1 Å². The minimum atomic E-state index is -0.690. The zero-order chi connectivity index (χ0) is 25.8. The predicted octanol–water partition coefficient (Wildman–Crippen LogP) is 6.47. The second kappa shape index (κ2) is 10.9. The van der Waals surface area contributed by atoms with Crippen LogP contribution in [0.25, 0.3) is 6.08 Å². The van der Waals surface area contributed by atoms with Crippen molar-refractivity contribution >= 4 is 46.6 Å². The highest BCUT2D eigenvalue weighted by molar-refractivity contribution is 8.18. The molecule has 1 aliphatic rings. The van der Waals surface area contributed by atoms with Crippen LogP contribution in [-0.4, -0.2) is 28.6 Å². The van der Waals surface area contributed by atoms with Gasteiger partial charge in [0, 0.05) is 5.02 Å². The highest BCUT2D eigenvalue weighted by Gasteiger charge is 2.35. The Kier molecular flexibility index (Phi) is 7.71. The van der Waals surface area contributed by atoms with E-state index in [-0.39, 0.29) is 40.1 Å². The van der Waals surface area contributed by atoms with Gasteiger partial charge >= 0.3 is 5.97 Å². The molecule has 0 aliphatic carbocycles. The number of halogens is 3. The van der Waals surface area contributed by atoms with Crippen molar-refractivity contribution in [2.45, 2.75) is 13.5 Å². The number of benzene rings is 3. The summed E-state index contributed by atoms with van der Waals surface area (Å²) in [7, 11) is 0. The lowest BCUT2D eigenvalue weighted by Gasteiger charge is -2.13. The molecular formula is C26H18ClF2NO5S. The van der Waals surface area contributed by atoms with E-state index < -0.39 is 28.8 Å². The van der Waals surface area contributed by atoms with Crippen molar-refractivity contribution in [3.63, 3.8) is 0 Å². The molecule has 6 nitrogen and oxygen atoms in total. The van der Waals surface area contributed by atoms with Crippen LogP contribution in [0.2, 0.25) is 5.02 Å². The molecule has 10 heteroatoms. The summed E-state index contributed by atoms with van der Waals surface area (Å²) in [5.74, 6) is -1.81. The molecular weight excluding hydrogens is 512 g/mol. The van der Waals surface area contributed by atoms with Crippen molar-refractivity contribution < 1.29 is 32.6 Å². The zero-order valence-electron chi connectivity index (χ0n) is 18.8. The summed E-state index contributed by atoms with van der Waals surface area (Å²) < 4.78 is 37.4. The highest BCUT2D eigenvalue weighted by Crippen LogP contribution is 2.36. The van der Waals surface area contributed by atoms with Crippen LogP contribution in [0.1, 0.15) is 28.4 Å². The Morgan fingerprint density at radius 3 is 2.42 bits per heavy atom. The monoisotopic (exact) mass is 529 g/mol. The molecule has 0 saturated carbocycles. The van der Waals surface area contributed by atoms with Crippen LogP contribution >= 0.6 is 23.4 Å². The zero-order valence-corrected chi connectivity index (χ0v) is 20.4. The molecule has 1 heterocycles. The van der Waals surface area contributed by atoms with Gasteiger partial charge < -0.3 is 9.47 Å². The third kappa shape index (κ3) is 5.75. The van der Waals surface area contributed by atoms with E-state index in [1.807, 2.05) is 0 Å². The van der Waals surface area contributed by atoms with Crippen molar-refractivity contribution in [3.05, 3.63) is 98.9 Å². The minimum Gasteiger partial charge on any atom is -0.490 e. The maximum absolute atomic E-state index is 13.3. The molecule has 2 amide bonds. The molecule has 0 radical (unpaired) electrons. The molecule has 0 spiro atoms. The predicted molar refractivity (Wildman–Crippen MR) is 132 cm³/mol. The summed E-state index contributed by atoms with van der Waals surface area (Å²) in [6.45, 7) is 1.94. The fourth-order valence-electron chi connectivity index (χ4n) is 3.32. The van der Waals surface area contributed by atoms with Gasteiger partial charge in [-0.15, -0.1) is 0 Å². The Hall–Kier alpha value is -3.69. The minimum absolute atomic E-state index is 0.0937. The molecule has 3 aromatic rings. The fraction of sp³-hybridized carbons (Fsp3) is 0.115. The van der Waals surface area contributed by atoms with Crippen LogP contribution in [-0.2, 0) is 11.3 Å². The molecule has 36 heavy (non-hydrogen) atoms. The number of rotatable bonds is 7. The molecule has 4 rings (SSSR count). The first kappa shape index (κ1) is 25.4. The van der Waals surface area contributed by atoms with Gasteiger partial charge in [0.15, 0.2) is 11.5 Å². The Bertz CT molecular complexity index is 1380. The fourth-order valence-corrected chi connectivity index (χ4v) is 4.39. The van der Waals surface area contributed by atoms with Crippen molar-refractivity contribution in [1.29, 1.82) is 0 Å². The lowest BCUT2D eigenvalue weighted by molar-refractivity contribution is -0.123. The van der Waals surface area contributed by atoms with E-state index in [0.29, 0.717) is 11.1 Å². The third-order valence-corrected chi connectivity index (χ3v) is 6.32. The Morgan fingerprint density at radius 1 is 1.00 bits per heavy atom. The van der Waals surface area contributed by atoms with Crippen molar-refractivity contribution in [1.82, 2.24) is 4.90 Å². The number of amides is 2. The first-order valence-electron chi connectivity index (χ1n) is 10.7. The highest BCUT2D eigenvalue weighted by atomic mass is 35.5. The molecule has 0 aromatic heterocycles. The summed E-state index contributed by atoms with van der Waals surface area (Å²) in [6.07, 6.45) is 1.52. The van der Waals surface area contributed by atoms with Gasteiger partial charge in [-0.2, -0.15) is 0 Å². The van der Waals surface area contributed by atoms with Crippen LogP contribution in [0.15, 0.2) is 65.6 Å². The van der Waals surface area contributed by atoms with E-state index in [4.69, 9.17) is 21.1 Å². The summed E-state index contributed by atoms with van der Waals surface area (Å²) in [4.78, 5) is 39.0. The molecule has 0 unspecified atom stereocenters. The summed E-state index contributed by atoms with van der Waals surface area (Å²) >= 11 is 6.80.